The van der Waals surface area contributed by atoms with Gasteiger partial charge in [0.2, 0.25) is 10.0 Å². The first kappa shape index (κ1) is 20.3. The van der Waals surface area contributed by atoms with Gasteiger partial charge in [0.05, 0.1) is 12.0 Å². The molecule has 144 valence electrons. The average Bonchev–Trinajstić information content (AvgIpc) is 2.93. The molecule has 1 aromatic rings. The summed E-state index contributed by atoms with van der Waals surface area (Å²) < 4.78 is 32.5. The summed E-state index contributed by atoms with van der Waals surface area (Å²) in [5.74, 6) is -1.17. The molecule has 0 radical (unpaired) electrons. The average molecular weight is 385 g/mol. The molecule has 1 aliphatic heterocycles. The van der Waals surface area contributed by atoms with E-state index in [1.807, 2.05) is 0 Å². The third-order valence-electron chi connectivity index (χ3n) is 4.20. The fraction of sp³-hybridized carbons (Fsp3) is 0.500. The number of amides is 1. The van der Waals surface area contributed by atoms with Crippen molar-refractivity contribution >= 4 is 27.6 Å². The Balaban J connectivity index is 2.37. The van der Waals surface area contributed by atoms with Gasteiger partial charge < -0.3 is 20.1 Å². The summed E-state index contributed by atoms with van der Waals surface area (Å²) in [6.07, 6.45) is -0.785. The monoisotopic (exact) mass is 385 g/mol. The molecular weight excluding hydrogens is 362 g/mol. The van der Waals surface area contributed by atoms with Crippen molar-refractivity contribution in [3.05, 3.63) is 23.8 Å². The van der Waals surface area contributed by atoms with Crippen LogP contribution in [0.25, 0.3) is 0 Å². The van der Waals surface area contributed by atoms with E-state index in [1.54, 1.807) is 20.0 Å². The number of benzene rings is 1. The van der Waals surface area contributed by atoms with Crippen molar-refractivity contribution in [1.29, 1.82) is 0 Å². The van der Waals surface area contributed by atoms with E-state index in [4.69, 9.17) is 0 Å². The first-order valence-corrected chi connectivity index (χ1v) is 9.55. The Morgan fingerprint density at radius 1 is 1.46 bits per heavy atom. The number of aliphatic hydroxyl groups is 1. The lowest BCUT2D eigenvalue weighted by Gasteiger charge is -2.22. The molecule has 1 amide bonds. The Kier molecular flexibility index (Phi) is 6.34. The van der Waals surface area contributed by atoms with Crippen molar-refractivity contribution in [2.75, 3.05) is 32.1 Å². The van der Waals surface area contributed by atoms with Gasteiger partial charge >= 0.3 is 5.97 Å². The molecule has 0 saturated carbocycles. The van der Waals surface area contributed by atoms with Crippen molar-refractivity contribution in [3.63, 3.8) is 0 Å². The molecule has 1 saturated heterocycles. The second-order valence-electron chi connectivity index (χ2n) is 5.95. The molecule has 9 nitrogen and oxygen atoms in total. The van der Waals surface area contributed by atoms with Gasteiger partial charge in [0.15, 0.2) is 0 Å². The fourth-order valence-electron chi connectivity index (χ4n) is 2.86. The Bertz CT molecular complexity index is 795. The number of carbonyl (C=O) groups excluding carboxylic acids is 2. The smallest absolute Gasteiger partial charge is 0.325 e. The van der Waals surface area contributed by atoms with Crippen LogP contribution in [0, 0.1) is 6.92 Å². The number of methoxy groups -OCH3 is 1. The Labute approximate surface area is 152 Å². The van der Waals surface area contributed by atoms with Gasteiger partial charge in [0.25, 0.3) is 5.91 Å². The van der Waals surface area contributed by atoms with Crippen LogP contribution in [-0.4, -0.2) is 64.8 Å². The number of sulfonamides is 1. The molecule has 26 heavy (non-hydrogen) atoms. The van der Waals surface area contributed by atoms with E-state index < -0.39 is 34.0 Å². The highest BCUT2D eigenvalue weighted by molar-refractivity contribution is 7.89. The SMILES string of the molecule is CNC[C@H](NS(=O)(=O)c1cccc(N2CCC(O)C2=O)c1C)C(=O)OC. The minimum atomic E-state index is -4.04. The second kappa shape index (κ2) is 8.12. The molecule has 2 rings (SSSR count). The number of aliphatic hydroxyl groups excluding tert-OH is 1. The van der Waals surface area contributed by atoms with Gasteiger partial charge in [0.1, 0.15) is 12.1 Å². The van der Waals surface area contributed by atoms with Crippen molar-refractivity contribution in [2.45, 2.75) is 30.4 Å². The molecule has 10 heteroatoms. The Morgan fingerprint density at radius 2 is 2.15 bits per heavy atom. The van der Waals surface area contributed by atoms with E-state index in [-0.39, 0.29) is 11.4 Å². The summed E-state index contributed by atoms with van der Waals surface area (Å²) >= 11 is 0. The van der Waals surface area contributed by atoms with Crippen LogP contribution in [0.5, 0.6) is 0 Å². The minimum Gasteiger partial charge on any atom is -0.468 e. The van der Waals surface area contributed by atoms with Crippen molar-refractivity contribution < 1.29 is 27.9 Å². The maximum Gasteiger partial charge on any atom is 0.325 e. The van der Waals surface area contributed by atoms with Crippen LogP contribution in [0.2, 0.25) is 0 Å². The van der Waals surface area contributed by atoms with E-state index in [0.29, 0.717) is 24.2 Å². The molecule has 2 atom stereocenters. The largest absolute Gasteiger partial charge is 0.468 e. The Hall–Kier alpha value is -2.01. The van der Waals surface area contributed by atoms with E-state index in [1.165, 1.54) is 24.1 Å². The highest BCUT2D eigenvalue weighted by Crippen LogP contribution is 2.29. The summed E-state index contributed by atoms with van der Waals surface area (Å²) in [5.41, 5.74) is 0.771. The van der Waals surface area contributed by atoms with Gasteiger partial charge in [-0.1, -0.05) is 6.07 Å². The standard InChI is InChI=1S/C16H23N3O6S/c1-10-12(19-8-7-13(20)15(19)21)5-4-6-14(10)26(23,24)18-11(9-17-2)16(22)25-3/h4-6,11,13,17-18,20H,7-9H2,1-3H3/t11-,13?/m0/s1. The van der Waals surface area contributed by atoms with Gasteiger partial charge in [-0.3, -0.25) is 9.59 Å². The van der Waals surface area contributed by atoms with Crippen LogP contribution in [0.4, 0.5) is 5.69 Å². The van der Waals surface area contributed by atoms with Crippen LogP contribution in [0.15, 0.2) is 23.1 Å². The maximum atomic E-state index is 12.8. The molecule has 1 aliphatic rings. The zero-order chi connectivity index (χ0) is 19.5. The van der Waals surface area contributed by atoms with Gasteiger partial charge in [-0.25, -0.2) is 8.42 Å². The topological polar surface area (TPSA) is 125 Å². The number of likely N-dealkylation sites (N-methyl/N-ethyl adjacent to an activating group) is 1. The number of nitrogens with zero attached hydrogens (tertiary/aromatic N) is 1. The van der Waals surface area contributed by atoms with E-state index in [0.717, 1.165) is 0 Å². The lowest BCUT2D eigenvalue weighted by molar-refractivity contribution is -0.142. The quantitative estimate of drug-likeness (QED) is 0.521. The molecule has 1 fully saturated rings. The first-order chi connectivity index (χ1) is 12.2. The molecule has 1 heterocycles. The number of nitrogens with one attached hydrogen (secondary N) is 2. The van der Waals surface area contributed by atoms with Crippen molar-refractivity contribution in [1.82, 2.24) is 10.0 Å². The highest BCUT2D eigenvalue weighted by Gasteiger charge is 2.33. The second-order valence-corrected chi connectivity index (χ2v) is 7.63. The minimum absolute atomic E-state index is 0.0470. The van der Waals surface area contributed by atoms with Gasteiger partial charge in [-0.2, -0.15) is 4.72 Å². The molecule has 0 spiro atoms. The lowest BCUT2D eigenvalue weighted by atomic mass is 10.2. The number of ether oxygens (including phenoxy) is 1. The molecule has 0 aliphatic carbocycles. The van der Waals surface area contributed by atoms with E-state index in [9.17, 15) is 23.1 Å². The summed E-state index contributed by atoms with van der Waals surface area (Å²) in [4.78, 5) is 25.2. The van der Waals surface area contributed by atoms with Crippen molar-refractivity contribution in [2.24, 2.45) is 0 Å². The predicted molar refractivity (Wildman–Crippen MR) is 94.2 cm³/mol. The van der Waals surface area contributed by atoms with Crippen LogP contribution < -0.4 is 14.9 Å². The predicted octanol–water partition coefficient (Wildman–Crippen LogP) is -0.868. The number of carbonyl (C=O) groups is 2. The van der Waals surface area contributed by atoms with Crippen LogP contribution in [-0.2, 0) is 24.3 Å². The van der Waals surface area contributed by atoms with Crippen LogP contribution in [0.3, 0.4) is 0 Å². The number of hydrogen-bond donors (Lipinski definition) is 3. The Morgan fingerprint density at radius 3 is 2.69 bits per heavy atom. The van der Waals surface area contributed by atoms with Crippen LogP contribution in [0.1, 0.15) is 12.0 Å². The summed E-state index contributed by atoms with van der Waals surface area (Å²) in [5, 5.41) is 12.4. The molecule has 3 N–H and O–H groups in total. The van der Waals surface area contributed by atoms with Crippen LogP contribution >= 0.6 is 0 Å². The zero-order valence-electron chi connectivity index (χ0n) is 14.9. The number of anilines is 1. The molecule has 0 bridgehead atoms. The first-order valence-electron chi connectivity index (χ1n) is 8.06. The van der Waals surface area contributed by atoms with E-state index >= 15 is 0 Å². The summed E-state index contributed by atoms with van der Waals surface area (Å²) in [6, 6.07) is 3.44. The zero-order valence-corrected chi connectivity index (χ0v) is 15.7. The van der Waals surface area contributed by atoms with Crippen molar-refractivity contribution in [3.8, 4) is 0 Å². The highest BCUT2D eigenvalue weighted by atomic mass is 32.2. The summed E-state index contributed by atoms with van der Waals surface area (Å²) in [7, 11) is -1.28. The summed E-state index contributed by atoms with van der Waals surface area (Å²) in [6.45, 7) is 1.94. The number of esters is 1. The third-order valence-corrected chi connectivity index (χ3v) is 5.82. The van der Waals surface area contributed by atoms with Gasteiger partial charge in [-0.05, 0) is 31.7 Å². The molecule has 1 unspecified atom stereocenters. The molecule has 0 aromatic heterocycles. The number of rotatable bonds is 7. The fourth-order valence-corrected chi connectivity index (χ4v) is 4.31. The van der Waals surface area contributed by atoms with Gasteiger partial charge in [-0.15, -0.1) is 0 Å². The lowest BCUT2D eigenvalue weighted by Crippen LogP contribution is -2.47. The van der Waals surface area contributed by atoms with Gasteiger partial charge in [0, 0.05) is 25.2 Å². The normalized spacial score (nSPS) is 18.8. The third kappa shape index (κ3) is 4.04. The molecule has 1 aromatic carbocycles. The number of hydrogen-bond acceptors (Lipinski definition) is 7. The molecular formula is C16H23N3O6S. The maximum absolute atomic E-state index is 12.8. The van der Waals surface area contributed by atoms with E-state index in [2.05, 4.69) is 14.8 Å².